The summed E-state index contributed by atoms with van der Waals surface area (Å²) in [6, 6.07) is 9.76. The molecule has 0 aliphatic carbocycles. The fourth-order valence-electron chi connectivity index (χ4n) is 2.52. The molecule has 6 nitrogen and oxygen atoms in total. The van der Waals surface area contributed by atoms with E-state index in [-0.39, 0.29) is 5.91 Å². The Morgan fingerprint density at radius 2 is 2.08 bits per heavy atom. The minimum atomic E-state index is -0.0113. The van der Waals surface area contributed by atoms with Crippen LogP contribution >= 0.6 is 11.6 Å². The molecular formula is C18H25ClN4O2. The first-order valence-corrected chi connectivity index (χ1v) is 8.64. The third-order valence-electron chi connectivity index (χ3n) is 3.81. The summed E-state index contributed by atoms with van der Waals surface area (Å²) >= 11 is 6.52. The minimum absolute atomic E-state index is 0.0113. The second kappa shape index (κ2) is 9.56. The van der Waals surface area contributed by atoms with Gasteiger partial charge in [-0.3, -0.25) is 9.69 Å². The van der Waals surface area contributed by atoms with E-state index in [0.29, 0.717) is 31.4 Å². The quantitative estimate of drug-likeness (QED) is 0.694. The Morgan fingerprint density at radius 1 is 1.36 bits per heavy atom. The lowest BCUT2D eigenvalue weighted by Crippen LogP contribution is -2.35. The molecule has 1 N–H and O–H groups in total. The van der Waals surface area contributed by atoms with Gasteiger partial charge in [0, 0.05) is 32.4 Å². The Labute approximate surface area is 153 Å². The predicted molar refractivity (Wildman–Crippen MR) is 99.1 cm³/mol. The minimum Gasteiger partial charge on any atom is -0.385 e. The number of benzene rings is 1. The number of methoxy groups -OCH3 is 1. The van der Waals surface area contributed by atoms with Crippen LogP contribution in [0.3, 0.4) is 0 Å². The summed E-state index contributed by atoms with van der Waals surface area (Å²) < 4.78 is 6.69. The summed E-state index contributed by atoms with van der Waals surface area (Å²) in [6.45, 7) is 4.05. The van der Waals surface area contributed by atoms with Crippen molar-refractivity contribution >= 4 is 17.5 Å². The van der Waals surface area contributed by atoms with Crippen LogP contribution in [-0.4, -0.2) is 54.4 Å². The van der Waals surface area contributed by atoms with E-state index >= 15 is 0 Å². The summed E-state index contributed by atoms with van der Waals surface area (Å²) in [5.41, 5.74) is 2.71. The SMILES string of the molecule is COCCCNC(=O)CN(C)Cc1c(C)nn(-c2ccccc2)c1Cl. The van der Waals surface area contributed by atoms with Crippen molar-refractivity contribution in [1.82, 2.24) is 20.0 Å². The topological polar surface area (TPSA) is 59.4 Å². The summed E-state index contributed by atoms with van der Waals surface area (Å²) in [4.78, 5) is 13.9. The number of hydrogen-bond donors (Lipinski definition) is 1. The predicted octanol–water partition coefficient (Wildman–Crippen LogP) is 2.42. The first-order chi connectivity index (χ1) is 12.0. The Hall–Kier alpha value is -1.89. The summed E-state index contributed by atoms with van der Waals surface area (Å²) in [7, 11) is 3.54. The van der Waals surface area contributed by atoms with Crippen LogP contribution in [0, 0.1) is 6.92 Å². The van der Waals surface area contributed by atoms with E-state index in [9.17, 15) is 4.79 Å². The van der Waals surface area contributed by atoms with Gasteiger partial charge in [0.1, 0.15) is 5.15 Å². The van der Waals surface area contributed by atoms with Gasteiger partial charge in [0.05, 0.1) is 17.9 Å². The molecule has 1 heterocycles. The number of likely N-dealkylation sites (N-methyl/N-ethyl adjacent to an activating group) is 1. The Morgan fingerprint density at radius 3 is 2.76 bits per heavy atom. The molecular weight excluding hydrogens is 340 g/mol. The molecule has 1 aromatic heterocycles. The van der Waals surface area contributed by atoms with E-state index in [0.717, 1.165) is 23.4 Å². The lowest BCUT2D eigenvalue weighted by atomic mass is 10.2. The van der Waals surface area contributed by atoms with E-state index in [1.807, 2.05) is 49.2 Å². The van der Waals surface area contributed by atoms with Gasteiger partial charge in [-0.2, -0.15) is 5.10 Å². The summed E-state index contributed by atoms with van der Waals surface area (Å²) in [5.74, 6) is -0.0113. The van der Waals surface area contributed by atoms with Crippen LogP contribution in [0.25, 0.3) is 5.69 Å². The number of ether oxygens (including phenoxy) is 1. The van der Waals surface area contributed by atoms with Crippen molar-refractivity contribution in [1.29, 1.82) is 0 Å². The van der Waals surface area contributed by atoms with E-state index < -0.39 is 0 Å². The Balaban J connectivity index is 1.96. The summed E-state index contributed by atoms with van der Waals surface area (Å²) in [5, 5.41) is 7.99. The van der Waals surface area contributed by atoms with Crippen LogP contribution in [0.4, 0.5) is 0 Å². The molecule has 2 aromatic rings. The molecule has 0 bridgehead atoms. The normalized spacial score (nSPS) is 11.1. The zero-order chi connectivity index (χ0) is 18.2. The van der Waals surface area contributed by atoms with Gasteiger partial charge in [-0.15, -0.1) is 0 Å². The highest BCUT2D eigenvalue weighted by Crippen LogP contribution is 2.24. The molecule has 0 aliphatic heterocycles. The number of aromatic nitrogens is 2. The van der Waals surface area contributed by atoms with E-state index in [2.05, 4.69) is 10.4 Å². The van der Waals surface area contributed by atoms with E-state index in [1.54, 1.807) is 11.8 Å². The summed E-state index contributed by atoms with van der Waals surface area (Å²) in [6.07, 6.45) is 0.806. The molecule has 0 saturated carbocycles. The van der Waals surface area contributed by atoms with Crippen molar-refractivity contribution in [2.75, 3.05) is 33.9 Å². The molecule has 0 saturated heterocycles. The fraction of sp³-hybridized carbons (Fsp3) is 0.444. The van der Waals surface area contributed by atoms with Crippen molar-refractivity contribution in [3.05, 3.63) is 46.7 Å². The van der Waals surface area contributed by atoms with E-state index in [4.69, 9.17) is 16.3 Å². The molecule has 25 heavy (non-hydrogen) atoms. The molecule has 0 radical (unpaired) electrons. The van der Waals surface area contributed by atoms with Crippen LogP contribution < -0.4 is 5.32 Å². The van der Waals surface area contributed by atoms with Gasteiger partial charge in [-0.25, -0.2) is 4.68 Å². The number of carbonyl (C=O) groups excluding carboxylic acids is 1. The van der Waals surface area contributed by atoms with Crippen molar-refractivity contribution in [3.8, 4) is 5.69 Å². The number of rotatable bonds is 9. The number of hydrogen-bond acceptors (Lipinski definition) is 4. The molecule has 0 fully saturated rings. The van der Waals surface area contributed by atoms with Crippen LogP contribution in [0.15, 0.2) is 30.3 Å². The molecule has 2 rings (SSSR count). The van der Waals surface area contributed by atoms with Gasteiger partial charge in [0.15, 0.2) is 0 Å². The van der Waals surface area contributed by atoms with Crippen LogP contribution in [0.1, 0.15) is 17.7 Å². The van der Waals surface area contributed by atoms with Crippen molar-refractivity contribution in [2.24, 2.45) is 0 Å². The van der Waals surface area contributed by atoms with Gasteiger partial charge >= 0.3 is 0 Å². The molecule has 0 atom stereocenters. The highest BCUT2D eigenvalue weighted by molar-refractivity contribution is 6.30. The van der Waals surface area contributed by atoms with Gasteiger partial charge < -0.3 is 10.1 Å². The maximum absolute atomic E-state index is 12.0. The smallest absolute Gasteiger partial charge is 0.234 e. The number of para-hydroxylation sites is 1. The van der Waals surface area contributed by atoms with Crippen LogP contribution in [0.5, 0.6) is 0 Å². The molecule has 0 aliphatic rings. The Kier molecular flexibility index (Phi) is 7.43. The zero-order valence-corrected chi connectivity index (χ0v) is 15.7. The van der Waals surface area contributed by atoms with Gasteiger partial charge in [0.25, 0.3) is 0 Å². The highest BCUT2D eigenvalue weighted by Gasteiger charge is 2.17. The number of carbonyl (C=O) groups is 1. The molecule has 136 valence electrons. The molecule has 1 amide bonds. The first-order valence-electron chi connectivity index (χ1n) is 8.26. The number of aryl methyl sites for hydroxylation is 1. The van der Waals surface area contributed by atoms with Crippen LogP contribution in [-0.2, 0) is 16.1 Å². The highest BCUT2D eigenvalue weighted by atomic mass is 35.5. The largest absolute Gasteiger partial charge is 0.385 e. The maximum atomic E-state index is 12.0. The van der Waals surface area contributed by atoms with Crippen molar-refractivity contribution in [3.63, 3.8) is 0 Å². The third kappa shape index (κ3) is 5.56. The lowest BCUT2D eigenvalue weighted by molar-refractivity contribution is -0.122. The number of nitrogens with zero attached hydrogens (tertiary/aromatic N) is 3. The average Bonchev–Trinajstić information content (AvgIpc) is 2.87. The van der Waals surface area contributed by atoms with Gasteiger partial charge in [-0.05, 0) is 32.5 Å². The van der Waals surface area contributed by atoms with Crippen molar-refractivity contribution in [2.45, 2.75) is 19.9 Å². The van der Waals surface area contributed by atoms with E-state index in [1.165, 1.54) is 0 Å². The monoisotopic (exact) mass is 364 g/mol. The second-order valence-electron chi connectivity index (χ2n) is 5.97. The second-order valence-corrected chi connectivity index (χ2v) is 6.33. The van der Waals surface area contributed by atoms with Crippen LogP contribution in [0.2, 0.25) is 5.15 Å². The standard InChI is InChI=1S/C18H25ClN4O2/c1-14-16(12-22(2)13-17(24)20-10-7-11-25-3)18(19)23(21-14)15-8-5-4-6-9-15/h4-6,8-9H,7,10-13H2,1-3H3,(H,20,24). The molecule has 1 aromatic carbocycles. The Bertz CT molecular complexity index is 688. The molecule has 7 heteroatoms. The number of halogens is 1. The van der Waals surface area contributed by atoms with Crippen molar-refractivity contribution < 1.29 is 9.53 Å². The maximum Gasteiger partial charge on any atom is 0.234 e. The first kappa shape index (κ1) is 19.4. The zero-order valence-electron chi connectivity index (χ0n) is 15.0. The van der Waals surface area contributed by atoms with Gasteiger partial charge in [0.2, 0.25) is 5.91 Å². The number of amides is 1. The third-order valence-corrected chi connectivity index (χ3v) is 4.20. The van der Waals surface area contributed by atoms with Gasteiger partial charge in [-0.1, -0.05) is 29.8 Å². The molecule has 0 spiro atoms. The average molecular weight is 365 g/mol. The molecule has 0 unspecified atom stereocenters. The lowest BCUT2D eigenvalue weighted by Gasteiger charge is -2.16. The fourth-order valence-corrected chi connectivity index (χ4v) is 2.85. The number of nitrogens with one attached hydrogen (secondary N) is 1.